The van der Waals surface area contributed by atoms with Crippen LogP contribution in [0.15, 0.2) is 42.5 Å². The monoisotopic (exact) mass is 257 g/mol. The van der Waals surface area contributed by atoms with E-state index in [4.69, 9.17) is 0 Å². The number of benzene rings is 2. The molecule has 0 spiro atoms. The number of hydrogen-bond acceptors (Lipinski definition) is 3. The zero-order valence-corrected chi connectivity index (χ0v) is 10.6. The Morgan fingerprint density at radius 2 is 1.63 bits per heavy atom. The van der Waals surface area contributed by atoms with Crippen molar-refractivity contribution < 1.29 is 15.0 Å². The fourth-order valence-electron chi connectivity index (χ4n) is 1.72. The number of rotatable bonds is 3. The maximum atomic E-state index is 11.9. The number of carbonyl (C=O) groups is 1. The lowest BCUT2D eigenvalue weighted by molar-refractivity contribution is 0.0950. The summed E-state index contributed by atoms with van der Waals surface area (Å²) in [6, 6.07) is 11.6. The minimum absolute atomic E-state index is 0.138. The van der Waals surface area contributed by atoms with E-state index in [1.54, 1.807) is 0 Å². The minimum atomic E-state index is -0.341. The standard InChI is InChI=1S/C15H15NO3/c1-10-2-4-11(5-3-10)9-16-15(19)12-6-13(17)8-14(18)7-12/h2-8,17-18H,9H2,1H3,(H,16,19). The van der Waals surface area contributed by atoms with Gasteiger partial charge in [0.25, 0.3) is 5.91 Å². The van der Waals surface area contributed by atoms with Crippen LogP contribution in [0, 0.1) is 6.92 Å². The van der Waals surface area contributed by atoms with Crippen LogP contribution in [0.25, 0.3) is 0 Å². The van der Waals surface area contributed by atoms with Crippen LogP contribution in [0.5, 0.6) is 11.5 Å². The summed E-state index contributed by atoms with van der Waals surface area (Å²) in [6.45, 7) is 2.40. The summed E-state index contributed by atoms with van der Waals surface area (Å²) in [6.07, 6.45) is 0. The summed E-state index contributed by atoms with van der Waals surface area (Å²) >= 11 is 0. The zero-order valence-electron chi connectivity index (χ0n) is 10.6. The van der Waals surface area contributed by atoms with Crippen molar-refractivity contribution in [2.45, 2.75) is 13.5 Å². The van der Waals surface area contributed by atoms with Crippen molar-refractivity contribution in [2.24, 2.45) is 0 Å². The second-order valence-corrected chi connectivity index (χ2v) is 4.41. The van der Waals surface area contributed by atoms with Gasteiger partial charge in [0.15, 0.2) is 0 Å². The Labute approximate surface area is 111 Å². The molecule has 4 heteroatoms. The highest BCUT2D eigenvalue weighted by atomic mass is 16.3. The number of amides is 1. The van der Waals surface area contributed by atoms with Crippen molar-refractivity contribution in [3.63, 3.8) is 0 Å². The number of carbonyl (C=O) groups excluding carboxylic acids is 1. The van der Waals surface area contributed by atoms with Crippen molar-refractivity contribution in [1.29, 1.82) is 0 Å². The Hall–Kier alpha value is -2.49. The third-order valence-electron chi connectivity index (χ3n) is 2.74. The summed E-state index contributed by atoms with van der Waals surface area (Å²) in [5.41, 5.74) is 2.38. The van der Waals surface area contributed by atoms with Gasteiger partial charge in [0.05, 0.1) is 0 Å². The van der Waals surface area contributed by atoms with Gasteiger partial charge >= 0.3 is 0 Å². The predicted octanol–water partition coefficient (Wildman–Crippen LogP) is 2.34. The summed E-state index contributed by atoms with van der Waals surface area (Å²) in [4.78, 5) is 11.9. The number of phenolic OH excluding ortho intramolecular Hbond substituents is 2. The van der Waals surface area contributed by atoms with Gasteiger partial charge in [-0.25, -0.2) is 0 Å². The Balaban J connectivity index is 2.03. The van der Waals surface area contributed by atoms with Crippen LogP contribution in [0.3, 0.4) is 0 Å². The predicted molar refractivity (Wildman–Crippen MR) is 72.1 cm³/mol. The van der Waals surface area contributed by atoms with Crippen LogP contribution < -0.4 is 5.32 Å². The molecule has 3 N–H and O–H groups in total. The normalized spacial score (nSPS) is 10.2. The molecule has 0 saturated heterocycles. The minimum Gasteiger partial charge on any atom is -0.508 e. The van der Waals surface area contributed by atoms with Gasteiger partial charge in [-0.2, -0.15) is 0 Å². The van der Waals surface area contributed by atoms with Gasteiger partial charge < -0.3 is 15.5 Å². The smallest absolute Gasteiger partial charge is 0.251 e. The first-order valence-electron chi connectivity index (χ1n) is 5.91. The summed E-state index contributed by atoms with van der Waals surface area (Å²) < 4.78 is 0. The van der Waals surface area contributed by atoms with Crippen LogP contribution >= 0.6 is 0 Å². The number of nitrogens with one attached hydrogen (secondary N) is 1. The first-order chi connectivity index (χ1) is 9.04. The van der Waals surface area contributed by atoms with Gasteiger partial charge in [-0.1, -0.05) is 29.8 Å². The molecule has 0 bridgehead atoms. The SMILES string of the molecule is Cc1ccc(CNC(=O)c2cc(O)cc(O)c2)cc1. The molecule has 0 aliphatic carbocycles. The van der Waals surface area contributed by atoms with Gasteiger partial charge in [0.2, 0.25) is 0 Å². The number of aromatic hydroxyl groups is 2. The zero-order chi connectivity index (χ0) is 13.8. The first-order valence-corrected chi connectivity index (χ1v) is 5.91. The van der Waals surface area contributed by atoms with Crippen molar-refractivity contribution in [3.05, 3.63) is 59.2 Å². The highest BCUT2D eigenvalue weighted by Crippen LogP contribution is 2.20. The van der Waals surface area contributed by atoms with E-state index >= 15 is 0 Å². The summed E-state index contributed by atoms with van der Waals surface area (Å²) in [7, 11) is 0. The molecule has 2 aromatic carbocycles. The topological polar surface area (TPSA) is 69.6 Å². The van der Waals surface area contributed by atoms with Crippen LogP contribution in [-0.2, 0) is 6.54 Å². The summed E-state index contributed by atoms with van der Waals surface area (Å²) in [5, 5.41) is 21.4. The molecule has 0 atom stereocenters. The molecule has 0 radical (unpaired) electrons. The number of hydrogen-bond donors (Lipinski definition) is 3. The van der Waals surface area contributed by atoms with Crippen LogP contribution in [0.2, 0.25) is 0 Å². The van der Waals surface area contributed by atoms with Crippen molar-refractivity contribution in [3.8, 4) is 11.5 Å². The molecule has 4 nitrogen and oxygen atoms in total. The van der Waals surface area contributed by atoms with Gasteiger partial charge in [-0.3, -0.25) is 4.79 Å². The van der Waals surface area contributed by atoms with E-state index in [1.165, 1.54) is 18.2 Å². The van der Waals surface area contributed by atoms with E-state index in [-0.39, 0.29) is 23.0 Å². The molecule has 2 aromatic rings. The highest BCUT2D eigenvalue weighted by molar-refractivity contribution is 5.94. The second kappa shape index (κ2) is 5.44. The molecule has 19 heavy (non-hydrogen) atoms. The fourth-order valence-corrected chi connectivity index (χ4v) is 1.72. The van der Waals surface area contributed by atoms with Crippen LogP contribution in [0.1, 0.15) is 21.5 Å². The third-order valence-corrected chi connectivity index (χ3v) is 2.74. The molecule has 0 fully saturated rings. The van der Waals surface area contributed by atoms with E-state index in [0.717, 1.165) is 11.1 Å². The lowest BCUT2D eigenvalue weighted by atomic mass is 10.1. The van der Waals surface area contributed by atoms with Crippen LogP contribution in [0.4, 0.5) is 0 Å². The van der Waals surface area contributed by atoms with E-state index in [1.807, 2.05) is 31.2 Å². The van der Waals surface area contributed by atoms with Gasteiger partial charge in [-0.15, -0.1) is 0 Å². The Kier molecular flexibility index (Phi) is 3.71. The lowest BCUT2D eigenvalue weighted by Gasteiger charge is -2.06. The maximum absolute atomic E-state index is 11.9. The quantitative estimate of drug-likeness (QED) is 0.790. The Bertz CT molecular complexity index is 571. The fraction of sp³-hybridized carbons (Fsp3) is 0.133. The van der Waals surface area contributed by atoms with E-state index < -0.39 is 0 Å². The van der Waals surface area contributed by atoms with Crippen molar-refractivity contribution >= 4 is 5.91 Å². The van der Waals surface area contributed by atoms with E-state index in [9.17, 15) is 15.0 Å². The molecule has 2 rings (SSSR count). The largest absolute Gasteiger partial charge is 0.508 e. The molecular weight excluding hydrogens is 242 g/mol. The Morgan fingerprint density at radius 3 is 2.21 bits per heavy atom. The number of phenols is 2. The van der Waals surface area contributed by atoms with Gasteiger partial charge in [-0.05, 0) is 24.6 Å². The average Bonchev–Trinajstić information content (AvgIpc) is 2.36. The third kappa shape index (κ3) is 3.48. The molecule has 0 aliphatic heterocycles. The molecule has 0 aliphatic rings. The molecule has 98 valence electrons. The molecule has 0 saturated carbocycles. The van der Waals surface area contributed by atoms with Crippen molar-refractivity contribution in [1.82, 2.24) is 5.32 Å². The second-order valence-electron chi connectivity index (χ2n) is 4.41. The molecule has 0 aromatic heterocycles. The van der Waals surface area contributed by atoms with E-state index in [0.29, 0.717) is 6.54 Å². The molecule has 1 amide bonds. The van der Waals surface area contributed by atoms with Gasteiger partial charge in [0, 0.05) is 18.2 Å². The highest BCUT2D eigenvalue weighted by Gasteiger charge is 2.08. The van der Waals surface area contributed by atoms with E-state index in [2.05, 4.69) is 5.32 Å². The molecular formula is C15H15NO3. The van der Waals surface area contributed by atoms with Crippen LogP contribution in [-0.4, -0.2) is 16.1 Å². The maximum Gasteiger partial charge on any atom is 0.251 e. The molecule has 0 heterocycles. The molecule has 0 unspecified atom stereocenters. The summed E-state index contributed by atoms with van der Waals surface area (Å²) in [5.74, 6) is -0.618. The van der Waals surface area contributed by atoms with Crippen molar-refractivity contribution in [2.75, 3.05) is 0 Å². The average molecular weight is 257 g/mol. The number of aryl methyl sites for hydroxylation is 1. The first kappa shape index (κ1) is 13.0. The van der Waals surface area contributed by atoms with Gasteiger partial charge in [0.1, 0.15) is 11.5 Å². The Morgan fingerprint density at radius 1 is 1.05 bits per heavy atom. The lowest BCUT2D eigenvalue weighted by Crippen LogP contribution is -2.22.